The molecule has 6 heteroatoms. The summed E-state index contributed by atoms with van der Waals surface area (Å²) in [4.78, 5) is 4.70. The average Bonchev–Trinajstić information content (AvgIpc) is 3.47. The van der Waals surface area contributed by atoms with Crippen LogP contribution < -0.4 is 10.6 Å². The van der Waals surface area contributed by atoms with Gasteiger partial charge in [-0.25, -0.2) is 9.50 Å². The van der Waals surface area contributed by atoms with Gasteiger partial charge in [0.1, 0.15) is 5.03 Å². The van der Waals surface area contributed by atoms with E-state index in [0.29, 0.717) is 11.2 Å². The summed E-state index contributed by atoms with van der Waals surface area (Å²) in [6, 6.07) is 12.7. The summed E-state index contributed by atoms with van der Waals surface area (Å²) in [7, 11) is 0. The zero-order valence-corrected chi connectivity index (χ0v) is 16.2. The predicted octanol–water partition coefficient (Wildman–Crippen LogP) is 4.06. The standard InChI is InChI=1S/C21H25N5S/c1-2-4-15(5-3-1)13-23-18-12-20(27-17-8-10-22-11-9-17)25-26-19(16-6-7-16)14-24-21(18)26/h1-5,12,14,16-17,22-23H,6-11,13H2. The topological polar surface area (TPSA) is 54.2 Å². The molecule has 0 spiro atoms. The maximum Gasteiger partial charge on any atom is 0.177 e. The Labute approximate surface area is 164 Å². The molecule has 3 aromatic rings. The van der Waals surface area contributed by atoms with E-state index in [1.807, 2.05) is 18.0 Å². The molecule has 1 saturated heterocycles. The quantitative estimate of drug-likeness (QED) is 0.676. The third kappa shape index (κ3) is 3.82. The summed E-state index contributed by atoms with van der Waals surface area (Å²) in [6.45, 7) is 3.01. The predicted molar refractivity (Wildman–Crippen MR) is 110 cm³/mol. The van der Waals surface area contributed by atoms with E-state index in [-0.39, 0.29) is 0 Å². The van der Waals surface area contributed by atoms with Crippen molar-refractivity contribution in [1.29, 1.82) is 0 Å². The highest BCUT2D eigenvalue weighted by Gasteiger charge is 2.28. The molecular formula is C21H25N5S. The van der Waals surface area contributed by atoms with E-state index in [4.69, 9.17) is 10.1 Å². The van der Waals surface area contributed by atoms with Gasteiger partial charge >= 0.3 is 0 Å². The van der Waals surface area contributed by atoms with Crippen LogP contribution in [-0.2, 0) is 6.54 Å². The fourth-order valence-electron chi connectivity index (χ4n) is 3.69. The smallest absolute Gasteiger partial charge is 0.177 e. The number of imidazole rings is 1. The molecule has 2 N–H and O–H groups in total. The van der Waals surface area contributed by atoms with Crippen LogP contribution >= 0.6 is 11.8 Å². The van der Waals surface area contributed by atoms with Gasteiger partial charge in [0.2, 0.25) is 0 Å². The monoisotopic (exact) mass is 379 g/mol. The van der Waals surface area contributed by atoms with Crippen LogP contribution in [0.2, 0.25) is 0 Å². The van der Waals surface area contributed by atoms with Crippen LogP contribution in [0.4, 0.5) is 5.69 Å². The first-order valence-corrected chi connectivity index (χ1v) is 10.8. The van der Waals surface area contributed by atoms with Crippen molar-refractivity contribution < 1.29 is 0 Å². The number of hydrogen-bond acceptors (Lipinski definition) is 5. The van der Waals surface area contributed by atoms with Crippen LogP contribution in [0, 0.1) is 0 Å². The fraction of sp³-hybridized carbons (Fsp3) is 0.429. The molecular weight excluding hydrogens is 354 g/mol. The number of nitrogens with zero attached hydrogens (tertiary/aromatic N) is 3. The molecule has 1 saturated carbocycles. The van der Waals surface area contributed by atoms with Crippen molar-refractivity contribution in [2.75, 3.05) is 18.4 Å². The second-order valence-electron chi connectivity index (χ2n) is 7.50. The molecule has 27 heavy (non-hydrogen) atoms. The molecule has 0 amide bonds. The molecule has 5 nitrogen and oxygen atoms in total. The highest BCUT2D eigenvalue weighted by molar-refractivity contribution is 7.99. The Bertz CT molecular complexity index is 913. The third-order valence-electron chi connectivity index (χ3n) is 5.37. The van der Waals surface area contributed by atoms with Gasteiger partial charge in [-0.3, -0.25) is 0 Å². The number of benzene rings is 1. The van der Waals surface area contributed by atoms with E-state index in [2.05, 4.69) is 51.5 Å². The second kappa shape index (κ2) is 7.52. The summed E-state index contributed by atoms with van der Waals surface area (Å²) >= 11 is 1.92. The largest absolute Gasteiger partial charge is 0.378 e. The van der Waals surface area contributed by atoms with Gasteiger partial charge in [-0.15, -0.1) is 11.8 Å². The van der Waals surface area contributed by atoms with Crippen molar-refractivity contribution in [2.45, 2.75) is 48.4 Å². The van der Waals surface area contributed by atoms with E-state index in [1.54, 1.807) is 0 Å². The molecule has 1 aliphatic heterocycles. The number of rotatable bonds is 6. The van der Waals surface area contributed by atoms with Gasteiger partial charge in [0, 0.05) is 17.7 Å². The van der Waals surface area contributed by atoms with Crippen LogP contribution in [-0.4, -0.2) is 32.9 Å². The zero-order chi connectivity index (χ0) is 18.1. The SMILES string of the molecule is c1ccc(CNc2cc(SC3CCNCC3)nn3c(C4CC4)cnc23)cc1. The molecule has 0 radical (unpaired) electrons. The van der Waals surface area contributed by atoms with E-state index in [9.17, 15) is 0 Å². The Hall–Kier alpha value is -2.05. The number of anilines is 1. The number of hydrogen-bond donors (Lipinski definition) is 2. The lowest BCUT2D eigenvalue weighted by molar-refractivity contribution is 0.531. The molecule has 1 aliphatic carbocycles. The van der Waals surface area contributed by atoms with Gasteiger partial charge in [0.15, 0.2) is 5.65 Å². The average molecular weight is 380 g/mol. The summed E-state index contributed by atoms with van der Waals surface area (Å²) in [5.41, 5.74) is 4.56. The van der Waals surface area contributed by atoms with Crippen molar-refractivity contribution in [3.05, 3.63) is 53.9 Å². The highest BCUT2D eigenvalue weighted by Crippen LogP contribution is 2.41. The van der Waals surface area contributed by atoms with Crippen LogP contribution in [0.15, 0.2) is 47.6 Å². The van der Waals surface area contributed by atoms with Crippen molar-refractivity contribution in [3.8, 4) is 0 Å². The van der Waals surface area contributed by atoms with Crippen LogP contribution in [0.5, 0.6) is 0 Å². The van der Waals surface area contributed by atoms with Gasteiger partial charge in [-0.1, -0.05) is 30.3 Å². The Balaban J connectivity index is 1.45. The minimum absolute atomic E-state index is 0.633. The molecule has 2 aromatic heterocycles. The minimum atomic E-state index is 0.633. The lowest BCUT2D eigenvalue weighted by atomic mass is 10.2. The second-order valence-corrected chi connectivity index (χ2v) is 8.82. The zero-order valence-electron chi connectivity index (χ0n) is 15.4. The summed E-state index contributed by atoms with van der Waals surface area (Å²) < 4.78 is 2.09. The molecule has 3 heterocycles. The van der Waals surface area contributed by atoms with E-state index >= 15 is 0 Å². The van der Waals surface area contributed by atoms with Gasteiger partial charge in [-0.2, -0.15) is 5.10 Å². The highest BCUT2D eigenvalue weighted by atomic mass is 32.2. The first kappa shape index (κ1) is 17.1. The molecule has 5 rings (SSSR count). The molecule has 1 aromatic carbocycles. The van der Waals surface area contributed by atoms with E-state index < -0.39 is 0 Å². The minimum Gasteiger partial charge on any atom is -0.378 e. The lowest BCUT2D eigenvalue weighted by Crippen LogP contribution is -2.29. The number of piperidine rings is 1. The maximum atomic E-state index is 4.96. The van der Waals surface area contributed by atoms with E-state index in [0.717, 1.165) is 36.0 Å². The summed E-state index contributed by atoms with van der Waals surface area (Å²) in [5, 5.41) is 13.8. The molecule has 0 bridgehead atoms. The van der Waals surface area contributed by atoms with Crippen molar-refractivity contribution in [1.82, 2.24) is 19.9 Å². The normalized spacial score (nSPS) is 18.1. The van der Waals surface area contributed by atoms with Crippen LogP contribution in [0.25, 0.3) is 5.65 Å². The van der Waals surface area contributed by atoms with Crippen LogP contribution in [0.3, 0.4) is 0 Å². The Morgan fingerprint density at radius 3 is 2.70 bits per heavy atom. The summed E-state index contributed by atoms with van der Waals surface area (Å²) in [5.74, 6) is 0.633. The molecule has 2 aliphatic rings. The van der Waals surface area contributed by atoms with Crippen molar-refractivity contribution in [2.24, 2.45) is 0 Å². The number of nitrogens with one attached hydrogen (secondary N) is 2. The Morgan fingerprint density at radius 2 is 1.93 bits per heavy atom. The number of aromatic nitrogens is 3. The first-order chi connectivity index (χ1) is 13.4. The van der Waals surface area contributed by atoms with Gasteiger partial charge < -0.3 is 10.6 Å². The Kier molecular flexibility index (Phi) is 4.76. The van der Waals surface area contributed by atoms with Gasteiger partial charge in [0.25, 0.3) is 0 Å². The van der Waals surface area contributed by atoms with Crippen molar-refractivity contribution >= 4 is 23.1 Å². The van der Waals surface area contributed by atoms with E-state index in [1.165, 1.54) is 36.9 Å². The molecule has 0 unspecified atom stereocenters. The fourth-order valence-corrected chi connectivity index (χ4v) is 4.81. The molecule has 2 fully saturated rings. The third-order valence-corrected chi connectivity index (χ3v) is 6.61. The maximum absolute atomic E-state index is 4.96. The number of fused-ring (bicyclic) bond motifs is 1. The molecule has 0 atom stereocenters. The summed E-state index contributed by atoms with van der Waals surface area (Å²) in [6.07, 6.45) is 6.95. The van der Waals surface area contributed by atoms with Crippen LogP contribution in [0.1, 0.15) is 42.9 Å². The van der Waals surface area contributed by atoms with Gasteiger partial charge in [-0.05, 0) is 50.4 Å². The lowest BCUT2D eigenvalue weighted by Gasteiger charge is -2.22. The Morgan fingerprint density at radius 1 is 1.11 bits per heavy atom. The van der Waals surface area contributed by atoms with Crippen molar-refractivity contribution in [3.63, 3.8) is 0 Å². The number of thioether (sulfide) groups is 1. The first-order valence-electron chi connectivity index (χ1n) is 9.91. The van der Waals surface area contributed by atoms with Gasteiger partial charge in [0.05, 0.1) is 17.6 Å². The molecule has 140 valence electrons.